The zero-order valence-electron chi connectivity index (χ0n) is 9.92. The third-order valence-corrected chi connectivity index (χ3v) is 2.36. The Labute approximate surface area is 113 Å². The first-order chi connectivity index (χ1) is 9.66. The van der Waals surface area contributed by atoms with E-state index >= 15 is 0 Å². The molecule has 1 aliphatic rings. The Morgan fingerprint density at radius 3 is 2.24 bits per heavy atom. The first-order valence-electron chi connectivity index (χ1n) is 5.30. The van der Waals surface area contributed by atoms with Gasteiger partial charge in [0.05, 0.1) is 11.8 Å². The summed E-state index contributed by atoms with van der Waals surface area (Å²) >= 11 is 0. The van der Waals surface area contributed by atoms with Crippen molar-refractivity contribution >= 4 is 11.6 Å². The lowest BCUT2D eigenvalue weighted by Crippen LogP contribution is -2.52. The van der Waals surface area contributed by atoms with Gasteiger partial charge in [-0.25, -0.2) is 4.39 Å². The molecule has 1 N–H and O–H groups in total. The van der Waals surface area contributed by atoms with E-state index in [4.69, 9.17) is 5.26 Å². The second kappa shape index (κ2) is 4.76. The van der Waals surface area contributed by atoms with E-state index in [1.165, 1.54) is 6.07 Å². The summed E-state index contributed by atoms with van der Waals surface area (Å²) < 4.78 is 72.7. The highest BCUT2D eigenvalue weighted by molar-refractivity contribution is 5.92. The Balaban J connectivity index is 2.36. The van der Waals surface area contributed by atoms with Gasteiger partial charge in [-0.1, -0.05) is 0 Å². The second-order valence-electron chi connectivity index (χ2n) is 3.90. The number of hydrogen-bond acceptors (Lipinski definition) is 4. The van der Waals surface area contributed by atoms with Crippen LogP contribution in [0.2, 0.25) is 0 Å². The lowest BCUT2D eigenvalue weighted by atomic mass is 10.2. The van der Waals surface area contributed by atoms with E-state index < -0.39 is 47.5 Å². The monoisotopic (exact) mass is 308 g/mol. The van der Waals surface area contributed by atoms with Crippen molar-refractivity contribution < 1.29 is 36.2 Å². The van der Waals surface area contributed by atoms with Gasteiger partial charge in [0.2, 0.25) is 5.91 Å². The van der Waals surface area contributed by atoms with E-state index in [9.17, 15) is 26.7 Å². The molecule has 112 valence electrons. The van der Waals surface area contributed by atoms with Crippen molar-refractivity contribution in [2.24, 2.45) is 0 Å². The number of nitrogens with one attached hydrogen (secondary N) is 1. The van der Waals surface area contributed by atoms with Gasteiger partial charge in [-0.05, 0) is 0 Å². The number of halogens is 5. The van der Waals surface area contributed by atoms with Crippen LogP contribution < -0.4 is 14.8 Å². The van der Waals surface area contributed by atoms with Gasteiger partial charge >= 0.3 is 12.2 Å². The summed E-state index contributed by atoms with van der Waals surface area (Å²) in [7, 11) is 0. The molecule has 0 radical (unpaired) electrons. The first kappa shape index (κ1) is 14.8. The van der Waals surface area contributed by atoms with Gasteiger partial charge in [-0.2, -0.15) is 22.8 Å². The number of benzene rings is 1. The predicted molar refractivity (Wildman–Crippen MR) is 56.4 cm³/mol. The number of alkyl halides is 4. The molecule has 0 saturated heterocycles. The Morgan fingerprint density at radius 2 is 1.71 bits per heavy atom. The fourth-order valence-corrected chi connectivity index (χ4v) is 1.45. The summed E-state index contributed by atoms with van der Waals surface area (Å²) in [4.78, 5) is 11.1. The van der Waals surface area contributed by atoms with Crippen molar-refractivity contribution in [1.82, 2.24) is 0 Å². The maximum atomic E-state index is 13.6. The fourth-order valence-electron chi connectivity index (χ4n) is 1.45. The average molecular weight is 308 g/mol. The summed E-state index contributed by atoms with van der Waals surface area (Å²) in [5, 5.41) is 10.2. The van der Waals surface area contributed by atoms with Crippen molar-refractivity contribution in [1.29, 1.82) is 5.26 Å². The summed E-state index contributed by atoms with van der Waals surface area (Å²) in [6.45, 7) is 0. The maximum absolute atomic E-state index is 13.6. The number of amides is 1. The Morgan fingerprint density at radius 1 is 1.19 bits per heavy atom. The molecule has 0 fully saturated rings. The average Bonchev–Trinajstić information content (AvgIpc) is 2.32. The van der Waals surface area contributed by atoms with Gasteiger partial charge in [-0.3, -0.25) is 4.79 Å². The first-order valence-corrected chi connectivity index (χ1v) is 5.30. The SMILES string of the molecule is N#CCC(=O)Nc1cc2c(cc1F)OC(F)(F)C(F)(F)O2. The van der Waals surface area contributed by atoms with Crippen LogP contribution in [0.15, 0.2) is 12.1 Å². The predicted octanol–water partition coefficient (Wildman–Crippen LogP) is 2.63. The van der Waals surface area contributed by atoms with Crippen molar-refractivity contribution in [2.75, 3.05) is 5.32 Å². The van der Waals surface area contributed by atoms with Crippen molar-refractivity contribution in [2.45, 2.75) is 18.6 Å². The second-order valence-corrected chi connectivity index (χ2v) is 3.90. The number of hydrogen-bond donors (Lipinski definition) is 1. The largest absolute Gasteiger partial charge is 0.507 e. The third-order valence-electron chi connectivity index (χ3n) is 2.36. The molecule has 0 aliphatic carbocycles. The molecule has 0 unspecified atom stereocenters. The number of ether oxygens (including phenoxy) is 2. The molecule has 0 aromatic heterocycles. The normalized spacial score (nSPS) is 17.7. The molecule has 1 heterocycles. The van der Waals surface area contributed by atoms with Gasteiger partial charge in [0.25, 0.3) is 0 Å². The van der Waals surface area contributed by atoms with Gasteiger partial charge in [0.1, 0.15) is 6.42 Å². The van der Waals surface area contributed by atoms with Gasteiger partial charge in [0.15, 0.2) is 17.3 Å². The van der Waals surface area contributed by atoms with E-state index in [-0.39, 0.29) is 0 Å². The van der Waals surface area contributed by atoms with Crippen molar-refractivity contribution in [3.8, 4) is 17.6 Å². The van der Waals surface area contributed by atoms with Crippen LogP contribution in [0.3, 0.4) is 0 Å². The molecule has 2 rings (SSSR count). The molecule has 0 bridgehead atoms. The van der Waals surface area contributed by atoms with E-state index in [0.717, 1.165) is 0 Å². The van der Waals surface area contributed by atoms with Crippen LogP contribution >= 0.6 is 0 Å². The quantitative estimate of drug-likeness (QED) is 0.853. The van der Waals surface area contributed by atoms with E-state index in [1.807, 2.05) is 5.32 Å². The number of rotatable bonds is 2. The van der Waals surface area contributed by atoms with Crippen LogP contribution in [-0.4, -0.2) is 18.1 Å². The highest BCUT2D eigenvalue weighted by Crippen LogP contribution is 2.48. The summed E-state index contributed by atoms with van der Waals surface area (Å²) in [6.07, 6.45) is -10.5. The zero-order chi connectivity index (χ0) is 15.8. The molecule has 1 aromatic carbocycles. The van der Waals surface area contributed by atoms with Gasteiger partial charge < -0.3 is 14.8 Å². The number of nitriles is 1. The van der Waals surface area contributed by atoms with Crippen LogP contribution in [0.1, 0.15) is 6.42 Å². The Hall–Kier alpha value is -2.57. The molecular formula is C11H5F5N2O3. The fraction of sp³-hybridized carbons (Fsp3) is 0.273. The molecule has 10 heteroatoms. The smallest absolute Gasteiger partial charge is 0.421 e. The van der Waals surface area contributed by atoms with Crippen molar-refractivity contribution in [3.05, 3.63) is 17.9 Å². The van der Waals surface area contributed by atoms with Crippen LogP contribution in [0.5, 0.6) is 11.5 Å². The molecule has 21 heavy (non-hydrogen) atoms. The minimum atomic E-state index is -4.96. The molecule has 1 aromatic rings. The maximum Gasteiger partial charge on any atom is 0.507 e. The summed E-state index contributed by atoms with van der Waals surface area (Å²) in [5.41, 5.74) is -0.612. The number of carbonyl (C=O) groups excluding carboxylic acids is 1. The minimum absolute atomic E-state index is 0.362. The number of anilines is 1. The molecule has 1 aliphatic heterocycles. The Kier molecular flexibility index (Phi) is 3.36. The zero-order valence-corrected chi connectivity index (χ0v) is 9.92. The van der Waals surface area contributed by atoms with Crippen LogP contribution in [0.25, 0.3) is 0 Å². The lowest BCUT2D eigenvalue weighted by molar-refractivity contribution is -0.391. The Bertz CT molecular complexity index is 641. The highest BCUT2D eigenvalue weighted by atomic mass is 19.3. The summed E-state index contributed by atoms with van der Waals surface area (Å²) in [6, 6.07) is 2.40. The van der Waals surface area contributed by atoms with Crippen molar-refractivity contribution in [3.63, 3.8) is 0 Å². The molecule has 1 amide bonds. The molecule has 0 saturated carbocycles. The standard InChI is InChI=1S/C11H5F5N2O3/c12-5-3-7-8(4-6(5)18-9(19)1-2-17)21-11(15,16)10(13,14)20-7/h3-4H,1H2,(H,18,19). The molecule has 5 nitrogen and oxygen atoms in total. The number of nitrogens with zero attached hydrogens (tertiary/aromatic N) is 1. The van der Waals surface area contributed by atoms with Crippen LogP contribution in [0, 0.1) is 17.1 Å². The lowest BCUT2D eigenvalue weighted by Gasteiger charge is -2.32. The molecular weight excluding hydrogens is 303 g/mol. The topological polar surface area (TPSA) is 71.4 Å². The summed E-state index contributed by atoms with van der Waals surface area (Å²) in [5.74, 6) is -3.95. The number of fused-ring (bicyclic) bond motifs is 1. The van der Waals surface area contributed by atoms with E-state index in [1.54, 1.807) is 0 Å². The van der Waals surface area contributed by atoms with Gasteiger partial charge in [0, 0.05) is 12.1 Å². The van der Waals surface area contributed by atoms with Crippen LogP contribution in [0.4, 0.5) is 27.6 Å². The van der Waals surface area contributed by atoms with E-state index in [2.05, 4.69) is 9.47 Å². The molecule has 0 spiro atoms. The minimum Gasteiger partial charge on any atom is -0.421 e. The highest BCUT2D eigenvalue weighted by Gasteiger charge is 2.66. The third kappa shape index (κ3) is 2.67. The number of carbonyl (C=O) groups is 1. The van der Waals surface area contributed by atoms with E-state index in [0.29, 0.717) is 12.1 Å². The van der Waals surface area contributed by atoms with Crippen LogP contribution in [-0.2, 0) is 4.79 Å². The van der Waals surface area contributed by atoms with Gasteiger partial charge in [-0.15, -0.1) is 0 Å². The molecule has 0 atom stereocenters.